The van der Waals surface area contributed by atoms with Gasteiger partial charge in [-0.25, -0.2) is 4.79 Å². The van der Waals surface area contributed by atoms with Crippen LogP contribution in [0.5, 0.6) is 0 Å². The maximum absolute atomic E-state index is 13.8. The van der Waals surface area contributed by atoms with Crippen LogP contribution in [0, 0.1) is 0 Å². The van der Waals surface area contributed by atoms with Crippen LogP contribution in [0.4, 0.5) is 0 Å². The molecule has 3 aromatic carbocycles. The lowest BCUT2D eigenvalue weighted by atomic mass is 9.99. The Kier molecular flexibility index (Phi) is 10.5. The van der Waals surface area contributed by atoms with Gasteiger partial charge in [-0.05, 0) is 80.8 Å². The molecule has 7 heteroatoms. The number of hydrogen-bond donors (Lipinski definition) is 1. The highest BCUT2D eigenvalue weighted by Gasteiger charge is 2.27. The fraction of sp³-hybridized carbons (Fsp3) is 0.429. The molecule has 42 heavy (non-hydrogen) atoms. The first-order valence-corrected chi connectivity index (χ1v) is 16.1. The van der Waals surface area contributed by atoms with Crippen LogP contribution in [0.1, 0.15) is 69.2 Å². The highest BCUT2D eigenvalue weighted by Crippen LogP contribution is 2.27. The minimum absolute atomic E-state index is 0.0103. The number of benzene rings is 3. The fourth-order valence-corrected chi connectivity index (χ4v) is 6.56. The number of fused-ring (bicyclic) bond motifs is 1. The number of para-hydroxylation sites is 2. The first-order valence-electron chi connectivity index (χ1n) is 15.7. The minimum atomic E-state index is -0.0103. The maximum atomic E-state index is 13.8. The standard InChI is InChI=1S/C35H45N5OS/c1-3-5-23-37(4-2)24-14-25-39-31-19-12-13-20-32(31)40(35(39)41)30-21-26-38(27-22-30)34(42)36-33(28-15-8-6-9-16-28)29-17-10-7-11-18-29/h6-13,15-20,30,33H,3-5,14,21-27H2,1-2H3,(H,36,42). The Labute approximate surface area is 255 Å². The zero-order valence-electron chi connectivity index (χ0n) is 25.1. The first-order chi connectivity index (χ1) is 20.6. The van der Waals surface area contributed by atoms with Gasteiger partial charge < -0.3 is 15.1 Å². The summed E-state index contributed by atoms with van der Waals surface area (Å²) in [5.74, 6) is 0. The third-order valence-corrected chi connectivity index (χ3v) is 9.03. The monoisotopic (exact) mass is 583 g/mol. The molecule has 0 spiro atoms. The summed E-state index contributed by atoms with van der Waals surface area (Å²) in [5, 5.41) is 4.42. The molecule has 0 atom stereocenters. The van der Waals surface area contributed by atoms with E-state index in [2.05, 4.69) is 94.2 Å². The van der Waals surface area contributed by atoms with Crippen LogP contribution in [0.2, 0.25) is 0 Å². The molecular weight excluding hydrogens is 538 g/mol. The summed E-state index contributed by atoms with van der Waals surface area (Å²) in [4.78, 5) is 18.6. The fourth-order valence-electron chi connectivity index (χ4n) is 6.26. The molecule has 0 aliphatic carbocycles. The molecule has 5 rings (SSSR count). The van der Waals surface area contributed by atoms with Crippen molar-refractivity contribution in [3.63, 3.8) is 0 Å². The highest BCUT2D eigenvalue weighted by molar-refractivity contribution is 7.80. The number of rotatable bonds is 12. The predicted molar refractivity (Wildman–Crippen MR) is 178 cm³/mol. The van der Waals surface area contributed by atoms with Crippen molar-refractivity contribution in [3.05, 3.63) is 107 Å². The van der Waals surface area contributed by atoms with Gasteiger partial charge >= 0.3 is 5.69 Å². The molecule has 1 saturated heterocycles. The van der Waals surface area contributed by atoms with Crippen molar-refractivity contribution in [1.82, 2.24) is 24.3 Å². The Morgan fingerprint density at radius 1 is 0.857 bits per heavy atom. The summed E-state index contributed by atoms with van der Waals surface area (Å²) < 4.78 is 4.07. The van der Waals surface area contributed by atoms with E-state index < -0.39 is 0 Å². The third-order valence-electron chi connectivity index (χ3n) is 8.65. The van der Waals surface area contributed by atoms with Crippen LogP contribution in [-0.2, 0) is 6.54 Å². The summed E-state index contributed by atoms with van der Waals surface area (Å²) in [6, 6.07) is 29.4. The van der Waals surface area contributed by atoms with Gasteiger partial charge in [0.15, 0.2) is 5.11 Å². The number of imidazole rings is 1. The molecule has 1 aliphatic heterocycles. The van der Waals surface area contributed by atoms with Crippen LogP contribution >= 0.6 is 12.2 Å². The summed E-state index contributed by atoms with van der Waals surface area (Å²) >= 11 is 5.96. The summed E-state index contributed by atoms with van der Waals surface area (Å²) in [6.07, 6.45) is 5.19. The Hall–Kier alpha value is -3.42. The van der Waals surface area contributed by atoms with Gasteiger partial charge in [-0.1, -0.05) is 93.1 Å². The number of unbranched alkanes of at least 4 members (excludes halogenated alkanes) is 1. The van der Waals surface area contributed by atoms with E-state index in [1.807, 2.05) is 28.8 Å². The molecular formula is C35H45N5OS. The molecule has 0 saturated carbocycles. The third kappa shape index (κ3) is 6.96. The zero-order valence-corrected chi connectivity index (χ0v) is 25.9. The number of likely N-dealkylation sites (tertiary alicyclic amines) is 1. The Morgan fingerprint density at radius 3 is 2.02 bits per heavy atom. The van der Waals surface area contributed by atoms with E-state index in [9.17, 15) is 4.79 Å². The van der Waals surface area contributed by atoms with E-state index in [0.29, 0.717) is 0 Å². The van der Waals surface area contributed by atoms with E-state index in [0.717, 1.165) is 74.7 Å². The van der Waals surface area contributed by atoms with Crippen LogP contribution in [-0.4, -0.2) is 56.8 Å². The lowest BCUT2D eigenvalue weighted by molar-refractivity contribution is 0.260. The summed E-state index contributed by atoms with van der Waals surface area (Å²) in [5.41, 5.74) is 4.60. The molecule has 1 fully saturated rings. The molecule has 222 valence electrons. The van der Waals surface area contributed by atoms with Crippen molar-refractivity contribution in [2.24, 2.45) is 0 Å². The van der Waals surface area contributed by atoms with Crippen molar-refractivity contribution < 1.29 is 0 Å². The van der Waals surface area contributed by atoms with E-state index in [-0.39, 0.29) is 17.8 Å². The topological polar surface area (TPSA) is 45.4 Å². The molecule has 1 aromatic heterocycles. The maximum Gasteiger partial charge on any atom is 0.329 e. The van der Waals surface area contributed by atoms with Crippen molar-refractivity contribution in [3.8, 4) is 0 Å². The van der Waals surface area contributed by atoms with Gasteiger partial charge in [-0.3, -0.25) is 9.13 Å². The predicted octanol–water partition coefficient (Wildman–Crippen LogP) is 6.62. The number of thiocarbonyl (C=S) groups is 1. The molecule has 0 bridgehead atoms. The van der Waals surface area contributed by atoms with Crippen molar-refractivity contribution >= 4 is 28.4 Å². The first kappa shape index (κ1) is 30.1. The van der Waals surface area contributed by atoms with E-state index >= 15 is 0 Å². The normalized spacial score (nSPS) is 14.2. The lowest BCUT2D eigenvalue weighted by Gasteiger charge is -2.35. The molecule has 0 amide bonds. The molecule has 1 aliphatic rings. The van der Waals surface area contributed by atoms with Crippen molar-refractivity contribution in [2.75, 3.05) is 32.7 Å². The quantitative estimate of drug-likeness (QED) is 0.190. The number of aromatic nitrogens is 2. The van der Waals surface area contributed by atoms with Gasteiger partial charge in [-0.15, -0.1) is 0 Å². The van der Waals surface area contributed by atoms with Gasteiger partial charge in [0.05, 0.1) is 17.1 Å². The Balaban J connectivity index is 1.26. The van der Waals surface area contributed by atoms with Crippen molar-refractivity contribution in [1.29, 1.82) is 0 Å². The molecule has 4 aromatic rings. The Morgan fingerprint density at radius 2 is 1.43 bits per heavy atom. The number of nitrogens with one attached hydrogen (secondary N) is 1. The van der Waals surface area contributed by atoms with Gasteiger partial charge in [0.1, 0.15) is 0 Å². The van der Waals surface area contributed by atoms with Gasteiger partial charge in [0.25, 0.3) is 0 Å². The van der Waals surface area contributed by atoms with Crippen LogP contribution in [0.3, 0.4) is 0 Å². The van der Waals surface area contributed by atoms with Crippen molar-refractivity contribution in [2.45, 2.75) is 64.6 Å². The number of piperidine rings is 1. The lowest BCUT2D eigenvalue weighted by Crippen LogP contribution is -2.46. The molecule has 6 nitrogen and oxygen atoms in total. The van der Waals surface area contributed by atoms with Gasteiger partial charge in [-0.2, -0.15) is 0 Å². The van der Waals surface area contributed by atoms with Gasteiger partial charge in [0, 0.05) is 25.7 Å². The van der Waals surface area contributed by atoms with Crippen LogP contribution in [0.15, 0.2) is 89.7 Å². The highest BCUT2D eigenvalue weighted by atomic mass is 32.1. The molecule has 1 N–H and O–H groups in total. The van der Waals surface area contributed by atoms with Gasteiger partial charge in [0.2, 0.25) is 0 Å². The SMILES string of the molecule is CCCCN(CC)CCCn1c(=O)n(C2CCN(C(=S)NC(c3ccccc3)c3ccccc3)CC2)c2ccccc21. The Bertz CT molecular complexity index is 1430. The zero-order chi connectivity index (χ0) is 29.3. The van der Waals surface area contributed by atoms with E-state index in [1.165, 1.54) is 24.0 Å². The average Bonchev–Trinajstić information content (AvgIpc) is 3.33. The largest absolute Gasteiger partial charge is 0.352 e. The van der Waals surface area contributed by atoms with Crippen LogP contribution < -0.4 is 11.0 Å². The summed E-state index contributed by atoms with van der Waals surface area (Å²) in [7, 11) is 0. The number of aryl methyl sites for hydroxylation is 1. The molecule has 0 radical (unpaired) electrons. The van der Waals surface area contributed by atoms with Crippen LogP contribution in [0.25, 0.3) is 11.0 Å². The molecule has 0 unspecified atom stereocenters. The molecule has 2 heterocycles. The van der Waals surface area contributed by atoms with E-state index in [1.54, 1.807) is 0 Å². The second kappa shape index (κ2) is 14.7. The van der Waals surface area contributed by atoms with E-state index in [4.69, 9.17) is 12.2 Å². The minimum Gasteiger partial charge on any atom is -0.352 e. The smallest absolute Gasteiger partial charge is 0.329 e. The second-order valence-electron chi connectivity index (χ2n) is 11.4. The number of hydrogen-bond acceptors (Lipinski definition) is 3. The number of nitrogens with zero attached hydrogens (tertiary/aromatic N) is 4. The summed E-state index contributed by atoms with van der Waals surface area (Å²) in [6.45, 7) is 10.1. The average molecular weight is 584 g/mol. The second-order valence-corrected chi connectivity index (χ2v) is 11.7.